The molecule has 7 heteroatoms. The fourth-order valence-corrected chi connectivity index (χ4v) is 4.49. The molecule has 3 aliphatic rings. The van der Waals surface area contributed by atoms with E-state index in [1.54, 1.807) is 7.11 Å². The predicted octanol–water partition coefficient (Wildman–Crippen LogP) is 2.83. The minimum atomic E-state index is 0.285. The summed E-state index contributed by atoms with van der Waals surface area (Å²) in [7, 11) is 1.80. The van der Waals surface area contributed by atoms with Crippen molar-refractivity contribution in [3.8, 4) is 0 Å². The molecule has 1 saturated heterocycles. The molecule has 132 valence electrons. The van der Waals surface area contributed by atoms with E-state index in [2.05, 4.69) is 31.5 Å². The number of nitrogens with one attached hydrogen (secondary N) is 2. The summed E-state index contributed by atoms with van der Waals surface area (Å²) in [5.41, 5.74) is 1.50. The maximum Gasteiger partial charge on any atom is 0.227 e. The van der Waals surface area contributed by atoms with Gasteiger partial charge in [0, 0.05) is 49.0 Å². The van der Waals surface area contributed by atoms with Gasteiger partial charge in [-0.2, -0.15) is 10.1 Å². The first-order valence-electron chi connectivity index (χ1n) is 9.16. The Bertz CT molecular complexity index is 772. The number of nitrogens with zero attached hydrogens (tertiary/aromatic N) is 4. The zero-order chi connectivity index (χ0) is 16.9. The summed E-state index contributed by atoms with van der Waals surface area (Å²) in [6.07, 6.45) is 7.99. The Hall–Kier alpha value is -2.15. The minimum absolute atomic E-state index is 0.285. The number of fused-ring (bicyclic) bond motifs is 2. The molecule has 0 amide bonds. The van der Waals surface area contributed by atoms with Crippen LogP contribution in [0.3, 0.4) is 0 Å². The highest BCUT2D eigenvalue weighted by Gasteiger charge is 2.50. The van der Waals surface area contributed by atoms with E-state index in [1.165, 1.54) is 37.8 Å². The zero-order valence-electron chi connectivity index (χ0n) is 14.5. The second-order valence-corrected chi connectivity index (χ2v) is 7.81. The average molecular weight is 340 g/mol. The van der Waals surface area contributed by atoms with Crippen LogP contribution in [0.1, 0.15) is 43.7 Å². The first-order chi connectivity index (χ1) is 12.2. The SMILES string of the molecule is COCC12CCC(C1)N(c1nccc(Nc3cc(C4CC4)[nH]n3)n1)C2. The molecule has 2 aromatic rings. The van der Waals surface area contributed by atoms with E-state index >= 15 is 0 Å². The van der Waals surface area contributed by atoms with E-state index in [1.807, 2.05) is 12.3 Å². The first-order valence-corrected chi connectivity index (χ1v) is 9.16. The van der Waals surface area contributed by atoms with E-state index in [-0.39, 0.29) is 5.41 Å². The first kappa shape index (κ1) is 15.1. The number of hydrogen-bond donors (Lipinski definition) is 2. The largest absolute Gasteiger partial charge is 0.384 e. The Morgan fingerprint density at radius 2 is 2.28 bits per heavy atom. The molecule has 25 heavy (non-hydrogen) atoms. The molecule has 2 bridgehead atoms. The van der Waals surface area contributed by atoms with Crippen LogP contribution in [-0.4, -0.2) is 46.5 Å². The van der Waals surface area contributed by atoms with Crippen molar-refractivity contribution in [3.05, 3.63) is 24.0 Å². The van der Waals surface area contributed by atoms with Gasteiger partial charge in [-0.3, -0.25) is 5.10 Å². The van der Waals surface area contributed by atoms with Gasteiger partial charge < -0.3 is 15.0 Å². The van der Waals surface area contributed by atoms with Crippen molar-refractivity contribution in [1.29, 1.82) is 0 Å². The van der Waals surface area contributed by atoms with Crippen LogP contribution in [0.25, 0.3) is 0 Å². The lowest BCUT2D eigenvalue weighted by Crippen LogP contribution is -2.38. The topological polar surface area (TPSA) is 79.0 Å². The van der Waals surface area contributed by atoms with Crippen molar-refractivity contribution in [2.24, 2.45) is 5.41 Å². The van der Waals surface area contributed by atoms with Crippen molar-refractivity contribution >= 4 is 17.6 Å². The third-order valence-electron chi connectivity index (χ3n) is 5.84. The summed E-state index contributed by atoms with van der Waals surface area (Å²) in [5, 5.41) is 10.8. The number of piperidine rings is 1. The molecule has 2 unspecified atom stereocenters. The molecule has 7 nitrogen and oxygen atoms in total. The predicted molar refractivity (Wildman–Crippen MR) is 95.2 cm³/mol. The van der Waals surface area contributed by atoms with E-state index in [4.69, 9.17) is 9.72 Å². The second kappa shape index (κ2) is 5.69. The van der Waals surface area contributed by atoms with Gasteiger partial charge >= 0.3 is 0 Å². The summed E-state index contributed by atoms with van der Waals surface area (Å²) < 4.78 is 5.47. The van der Waals surface area contributed by atoms with Crippen molar-refractivity contribution in [2.75, 3.05) is 30.5 Å². The molecule has 3 heterocycles. The number of rotatable bonds is 6. The van der Waals surface area contributed by atoms with Gasteiger partial charge in [-0.15, -0.1) is 0 Å². The second-order valence-electron chi connectivity index (χ2n) is 7.81. The number of H-pyrrole nitrogens is 1. The van der Waals surface area contributed by atoms with E-state index in [9.17, 15) is 0 Å². The highest BCUT2D eigenvalue weighted by molar-refractivity contribution is 5.54. The molecule has 2 saturated carbocycles. The van der Waals surface area contributed by atoms with Gasteiger partial charge in [0.15, 0.2) is 5.82 Å². The standard InChI is InChI=1S/C18H24N6O/c1-25-11-18-6-4-13(9-18)24(10-18)17-19-7-5-15(21-17)20-16-8-14(22-23-16)12-2-3-12/h5,7-8,12-13H,2-4,6,9-11H2,1H3,(H2,19,20,21,22,23). The van der Waals surface area contributed by atoms with Crippen molar-refractivity contribution in [2.45, 2.75) is 44.1 Å². The van der Waals surface area contributed by atoms with E-state index in [0.29, 0.717) is 12.0 Å². The molecule has 3 fully saturated rings. The van der Waals surface area contributed by atoms with Crippen LogP contribution in [-0.2, 0) is 4.74 Å². The van der Waals surface area contributed by atoms with E-state index in [0.717, 1.165) is 30.7 Å². The summed E-state index contributed by atoms with van der Waals surface area (Å²) in [6, 6.07) is 4.52. The van der Waals surface area contributed by atoms with Crippen LogP contribution >= 0.6 is 0 Å². The quantitative estimate of drug-likeness (QED) is 0.842. The molecule has 1 aliphatic heterocycles. The smallest absolute Gasteiger partial charge is 0.227 e. The van der Waals surface area contributed by atoms with Crippen LogP contribution in [0.15, 0.2) is 18.3 Å². The van der Waals surface area contributed by atoms with Crippen LogP contribution in [0.2, 0.25) is 0 Å². The Morgan fingerprint density at radius 3 is 3.12 bits per heavy atom. The highest BCUT2D eigenvalue weighted by atomic mass is 16.5. The van der Waals surface area contributed by atoms with Gasteiger partial charge in [-0.1, -0.05) is 0 Å². The van der Waals surface area contributed by atoms with Gasteiger partial charge in [0.25, 0.3) is 0 Å². The maximum atomic E-state index is 5.47. The van der Waals surface area contributed by atoms with Gasteiger partial charge in [-0.25, -0.2) is 4.98 Å². The summed E-state index contributed by atoms with van der Waals surface area (Å²) >= 11 is 0. The molecule has 2 atom stereocenters. The molecule has 2 N–H and O–H groups in total. The number of aromatic amines is 1. The maximum absolute atomic E-state index is 5.47. The molecule has 2 aromatic heterocycles. The average Bonchev–Trinajstić information content (AvgIpc) is 3.08. The van der Waals surface area contributed by atoms with Crippen LogP contribution in [0.4, 0.5) is 17.6 Å². The van der Waals surface area contributed by atoms with Crippen LogP contribution < -0.4 is 10.2 Å². The van der Waals surface area contributed by atoms with Gasteiger partial charge in [0.2, 0.25) is 5.95 Å². The third-order valence-corrected chi connectivity index (χ3v) is 5.84. The Morgan fingerprint density at radius 1 is 1.36 bits per heavy atom. The minimum Gasteiger partial charge on any atom is -0.384 e. The summed E-state index contributed by atoms with van der Waals surface area (Å²) in [4.78, 5) is 11.6. The Kier molecular flexibility index (Phi) is 3.45. The molecule has 0 aromatic carbocycles. The summed E-state index contributed by atoms with van der Waals surface area (Å²) in [6.45, 7) is 1.82. The molecular weight excluding hydrogens is 316 g/mol. The van der Waals surface area contributed by atoms with Crippen molar-refractivity contribution < 1.29 is 4.74 Å². The fraction of sp³-hybridized carbons (Fsp3) is 0.611. The van der Waals surface area contributed by atoms with Gasteiger partial charge in [-0.05, 0) is 38.2 Å². The van der Waals surface area contributed by atoms with Crippen molar-refractivity contribution in [1.82, 2.24) is 20.2 Å². The molecule has 0 spiro atoms. The zero-order valence-corrected chi connectivity index (χ0v) is 14.5. The lowest BCUT2D eigenvalue weighted by Gasteiger charge is -2.32. The van der Waals surface area contributed by atoms with Crippen LogP contribution in [0, 0.1) is 5.41 Å². The Labute approximate surface area is 147 Å². The van der Waals surface area contributed by atoms with Gasteiger partial charge in [0.05, 0.1) is 6.61 Å². The van der Waals surface area contributed by atoms with Gasteiger partial charge in [0.1, 0.15) is 5.82 Å². The highest BCUT2D eigenvalue weighted by Crippen LogP contribution is 2.48. The normalized spacial score (nSPS) is 27.9. The summed E-state index contributed by atoms with van der Waals surface area (Å²) in [5.74, 6) is 3.10. The molecule has 0 radical (unpaired) electrons. The number of ether oxygens (including phenoxy) is 1. The third kappa shape index (κ3) is 2.76. The lowest BCUT2D eigenvalue weighted by atomic mass is 9.88. The Balaban J connectivity index is 1.33. The number of methoxy groups -OCH3 is 1. The number of aromatic nitrogens is 4. The van der Waals surface area contributed by atoms with Crippen molar-refractivity contribution in [3.63, 3.8) is 0 Å². The molecule has 5 rings (SSSR count). The molecular formula is C18H24N6O. The number of anilines is 3. The van der Waals surface area contributed by atoms with Crippen LogP contribution in [0.5, 0.6) is 0 Å². The molecule has 2 aliphatic carbocycles. The fourth-order valence-electron chi connectivity index (χ4n) is 4.49. The van der Waals surface area contributed by atoms with E-state index < -0.39 is 0 Å². The monoisotopic (exact) mass is 340 g/mol. The number of hydrogen-bond acceptors (Lipinski definition) is 6. The lowest BCUT2D eigenvalue weighted by molar-refractivity contribution is 0.0963.